The number of ether oxygens (including phenoxy) is 3. The minimum Gasteiger partial charge on any atom is -0.493 e. The highest BCUT2D eigenvalue weighted by Crippen LogP contribution is 2.40. The highest BCUT2D eigenvalue weighted by atomic mass is 19.1. The number of methoxy groups -OCH3 is 3. The molecule has 1 saturated heterocycles. The average molecular weight is 455 g/mol. The minimum absolute atomic E-state index is 0.0168. The number of amides is 1. The summed E-state index contributed by atoms with van der Waals surface area (Å²) >= 11 is 0. The van der Waals surface area contributed by atoms with Crippen LogP contribution in [0.3, 0.4) is 0 Å². The number of halogens is 1. The fraction of sp³-hybridized carbons (Fsp3) is 0.333. The summed E-state index contributed by atoms with van der Waals surface area (Å²) in [5.41, 5.74) is 0.601. The second-order valence-corrected chi connectivity index (χ2v) is 7.76. The van der Waals surface area contributed by atoms with Crippen LogP contribution in [0.2, 0.25) is 0 Å². The molecule has 1 N–H and O–H groups in total. The van der Waals surface area contributed by atoms with E-state index >= 15 is 0 Å². The van der Waals surface area contributed by atoms with Crippen LogP contribution in [0, 0.1) is 5.82 Å². The molecule has 2 aromatic carbocycles. The number of carbonyl (C=O) groups is 1. The van der Waals surface area contributed by atoms with Crippen LogP contribution in [-0.4, -0.2) is 68.2 Å². The van der Waals surface area contributed by atoms with Gasteiger partial charge in [-0.1, -0.05) is 12.1 Å². The van der Waals surface area contributed by atoms with E-state index in [0.717, 1.165) is 5.56 Å². The molecule has 33 heavy (non-hydrogen) atoms. The fourth-order valence-corrected chi connectivity index (χ4v) is 4.18. The third-order valence-electron chi connectivity index (χ3n) is 5.93. The van der Waals surface area contributed by atoms with Crippen molar-refractivity contribution in [3.8, 4) is 17.2 Å². The molecular formula is C24H26FN3O5. The van der Waals surface area contributed by atoms with Crippen LogP contribution < -0.4 is 19.6 Å². The van der Waals surface area contributed by atoms with E-state index in [1.807, 2.05) is 12.1 Å². The van der Waals surface area contributed by atoms with E-state index < -0.39 is 11.2 Å². The first kappa shape index (κ1) is 22.6. The van der Waals surface area contributed by atoms with Crippen LogP contribution in [0.25, 0.3) is 10.9 Å². The van der Waals surface area contributed by atoms with Crippen LogP contribution in [0.5, 0.6) is 17.2 Å². The quantitative estimate of drug-likeness (QED) is 0.615. The predicted octanol–water partition coefficient (Wildman–Crippen LogP) is 2.65. The van der Waals surface area contributed by atoms with Gasteiger partial charge < -0.3 is 24.1 Å². The van der Waals surface area contributed by atoms with Crippen molar-refractivity contribution in [1.82, 2.24) is 14.8 Å². The van der Waals surface area contributed by atoms with Gasteiger partial charge in [-0.2, -0.15) is 0 Å². The van der Waals surface area contributed by atoms with Crippen molar-refractivity contribution in [3.63, 3.8) is 0 Å². The number of carbonyl (C=O) groups excluding carboxylic acids is 1. The lowest BCUT2D eigenvalue weighted by Crippen LogP contribution is -2.49. The number of fused-ring (bicyclic) bond motifs is 1. The van der Waals surface area contributed by atoms with Gasteiger partial charge >= 0.3 is 0 Å². The summed E-state index contributed by atoms with van der Waals surface area (Å²) in [5.74, 6) is 0.867. The Morgan fingerprint density at radius 3 is 2.39 bits per heavy atom. The molecule has 1 amide bonds. The van der Waals surface area contributed by atoms with E-state index in [9.17, 15) is 14.0 Å². The summed E-state index contributed by atoms with van der Waals surface area (Å²) < 4.78 is 30.3. The summed E-state index contributed by atoms with van der Waals surface area (Å²) in [6, 6.07) is 8.02. The summed E-state index contributed by atoms with van der Waals surface area (Å²) in [7, 11) is 4.73. The van der Waals surface area contributed by atoms with E-state index in [2.05, 4.69) is 9.88 Å². The van der Waals surface area contributed by atoms with Crippen LogP contribution in [0.1, 0.15) is 15.9 Å². The smallest absolute Gasteiger partial charge is 0.259 e. The molecule has 0 aliphatic carbocycles. The zero-order valence-corrected chi connectivity index (χ0v) is 18.8. The Balaban J connectivity index is 1.47. The van der Waals surface area contributed by atoms with Crippen LogP contribution in [0.15, 0.2) is 41.3 Å². The van der Waals surface area contributed by atoms with Gasteiger partial charge in [0.2, 0.25) is 11.2 Å². The standard InChI is InChI=1S/C24H26FN3O5/c1-31-19-8-7-15(22(32-2)23(19)33-3)14-27-9-11-28(12-10-27)24(30)17-13-26-20-16(21(17)29)5-4-6-18(20)25/h4-8,13H,9-12,14H2,1-3H3,(H,26,29). The monoisotopic (exact) mass is 455 g/mol. The lowest BCUT2D eigenvalue weighted by Gasteiger charge is -2.35. The van der Waals surface area contributed by atoms with Crippen LogP contribution in [0.4, 0.5) is 4.39 Å². The number of para-hydroxylation sites is 1. The molecule has 0 saturated carbocycles. The molecule has 4 rings (SSSR count). The Bertz CT molecular complexity index is 1230. The molecule has 0 unspecified atom stereocenters. The molecule has 1 fully saturated rings. The maximum absolute atomic E-state index is 13.9. The van der Waals surface area contributed by atoms with Gasteiger partial charge in [0.1, 0.15) is 11.4 Å². The van der Waals surface area contributed by atoms with Crippen molar-refractivity contribution < 1.29 is 23.4 Å². The third kappa shape index (κ3) is 4.23. The number of pyridine rings is 1. The Morgan fingerprint density at radius 1 is 1.00 bits per heavy atom. The van der Waals surface area contributed by atoms with Gasteiger partial charge in [-0.05, 0) is 18.2 Å². The fourth-order valence-electron chi connectivity index (χ4n) is 4.18. The number of H-pyrrole nitrogens is 1. The molecule has 9 heteroatoms. The molecule has 0 atom stereocenters. The molecular weight excluding hydrogens is 429 g/mol. The number of hydrogen-bond donors (Lipinski definition) is 1. The summed E-state index contributed by atoms with van der Waals surface area (Å²) in [4.78, 5) is 32.4. The number of piperazine rings is 1. The summed E-state index contributed by atoms with van der Waals surface area (Å²) in [6.07, 6.45) is 1.30. The molecule has 3 aromatic rings. The zero-order valence-electron chi connectivity index (χ0n) is 18.8. The Morgan fingerprint density at radius 2 is 1.73 bits per heavy atom. The van der Waals surface area contributed by atoms with Crippen LogP contribution >= 0.6 is 0 Å². The van der Waals surface area contributed by atoms with E-state index in [-0.39, 0.29) is 22.4 Å². The first-order chi connectivity index (χ1) is 16.0. The number of rotatable bonds is 6. The predicted molar refractivity (Wildman–Crippen MR) is 122 cm³/mol. The number of hydrogen-bond acceptors (Lipinski definition) is 6. The number of nitrogens with zero attached hydrogens (tertiary/aromatic N) is 2. The maximum atomic E-state index is 13.9. The molecule has 2 heterocycles. The second-order valence-electron chi connectivity index (χ2n) is 7.76. The Labute approximate surface area is 190 Å². The normalized spacial score (nSPS) is 14.4. The number of benzene rings is 2. The topological polar surface area (TPSA) is 84.1 Å². The van der Waals surface area contributed by atoms with E-state index in [0.29, 0.717) is 50.0 Å². The van der Waals surface area contributed by atoms with Gasteiger partial charge in [0.25, 0.3) is 5.91 Å². The van der Waals surface area contributed by atoms with Gasteiger partial charge in [0.05, 0.1) is 26.8 Å². The SMILES string of the molecule is COc1ccc(CN2CCN(C(=O)c3c[nH]c4c(F)cccc4c3=O)CC2)c(OC)c1OC. The average Bonchev–Trinajstić information content (AvgIpc) is 2.84. The Kier molecular flexibility index (Phi) is 6.50. The number of aromatic nitrogens is 1. The Hall–Kier alpha value is -3.59. The lowest BCUT2D eigenvalue weighted by atomic mass is 10.1. The van der Waals surface area contributed by atoms with Crippen molar-refractivity contribution in [3.05, 3.63) is 63.7 Å². The van der Waals surface area contributed by atoms with Crippen LogP contribution in [-0.2, 0) is 6.54 Å². The van der Waals surface area contributed by atoms with E-state index in [1.54, 1.807) is 26.2 Å². The maximum Gasteiger partial charge on any atom is 0.259 e. The second kappa shape index (κ2) is 9.50. The highest BCUT2D eigenvalue weighted by Gasteiger charge is 2.26. The molecule has 1 aliphatic heterocycles. The van der Waals surface area contributed by atoms with Crippen molar-refractivity contribution in [2.45, 2.75) is 6.54 Å². The summed E-state index contributed by atoms with van der Waals surface area (Å²) in [5, 5.41) is 0.167. The zero-order chi connectivity index (χ0) is 23.5. The van der Waals surface area contributed by atoms with E-state index in [1.165, 1.54) is 24.4 Å². The minimum atomic E-state index is -0.525. The van der Waals surface area contributed by atoms with Gasteiger partial charge in [0.15, 0.2) is 11.5 Å². The van der Waals surface area contributed by atoms with Gasteiger partial charge in [0, 0.05) is 49.9 Å². The van der Waals surface area contributed by atoms with E-state index in [4.69, 9.17) is 14.2 Å². The van der Waals surface area contributed by atoms with Crippen molar-refractivity contribution >= 4 is 16.8 Å². The lowest BCUT2D eigenvalue weighted by molar-refractivity contribution is 0.0626. The molecule has 8 nitrogen and oxygen atoms in total. The van der Waals surface area contributed by atoms with Crippen molar-refractivity contribution in [1.29, 1.82) is 0 Å². The van der Waals surface area contributed by atoms with Gasteiger partial charge in [-0.25, -0.2) is 4.39 Å². The first-order valence-corrected chi connectivity index (χ1v) is 10.6. The molecule has 0 spiro atoms. The number of nitrogens with one attached hydrogen (secondary N) is 1. The molecule has 0 bridgehead atoms. The molecule has 1 aromatic heterocycles. The molecule has 1 aliphatic rings. The first-order valence-electron chi connectivity index (χ1n) is 10.6. The summed E-state index contributed by atoms with van der Waals surface area (Å²) in [6.45, 7) is 2.80. The van der Waals surface area contributed by atoms with Gasteiger partial charge in [-0.3, -0.25) is 14.5 Å². The molecule has 0 radical (unpaired) electrons. The van der Waals surface area contributed by atoms with Crippen molar-refractivity contribution in [2.75, 3.05) is 47.5 Å². The van der Waals surface area contributed by atoms with Gasteiger partial charge in [-0.15, -0.1) is 0 Å². The molecule has 174 valence electrons. The van der Waals surface area contributed by atoms with Crippen molar-refractivity contribution in [2.24, 2.45) is 0 Å². The third-order valence-corrected chi connectivity index (χ3v) is 5.93. The largest absolute Gasteiger partial charge is 0.493 e. The highest BCUT2D eigenvalue weighted by molar-refractivity contribution is 5.97. The number of aromatic amines is 1.